The number of nitrogens with zero attached hydrogens (tertiary/aromatic N) is 1. The van der Waals surface area contributed by atoms with Crippen molar-refractivity contribution in [1.29, 1.82) is 0 Å². The number of hydrogen-bond donors (Lipinski definition) is 0. The minimum Gasteiger partial charge on any atom is -0.338 e. The molecule has 18 heavy (non-hydrogen) atoms. The quantitative estimate of drug-likeness (QED) is 0.746. The highest BCUT2D eigenvalue weighted by Crippen LogP contribution is 2.26. The Kier molecular flexibility index (Phi) is 4.93. The van der Waals surface area contributed by atoms with Crippen molar-refractivity contribution in [3.8, 4) is 0 Å². The van der Waals surface area contributed by atoms with Crippen LogP contribution in [0, 0.1) is 5.92 Å². The van der Waals surface area contributed by atoms with Crippen molar-refractivity contribution in [2.45, 2.75) is 12.8 Å². The summed E-state index contributed by atoms with van der Waals surface area (Å²) in [6.45, 7) is 1.62. The van der Waals surface area contributed by atoms with Crippen molar-refractivity contribution in [2.75, 3.05) is 18.4 Å². The van der Waals surface area contributed by atoms with E-state index in [0.29, 0.717) is 21.5 Å². The lowest BCUT2D eigenvalue weighted by Gasteiger charge is -2.17. The van der Waals surface area contributed by atoms with Gasteiger partial charge in [-0.15, -0.1) is 0 Å². The maximum atomic E-state index is 12.3. The number of rotatable bonds is 3. The van der Waals surface area contributed by atoms with Gasteiger partial charge in [0.1, 0.15) is 0 Å². The van der Waals surface area contributed by atoms with Gasteiger partial charge in [-0.1, -0.05) is 39.1 Å². The molecule has 0 spiro atoms. The molecular formula is C13H14BrCl2NO. The van der Waals surface area contributed by atoms with Gasteiger partial charge in [0.2, 0.25) is 0 Å². The van der Waals surface area contributed by atoms with Crippen molar-refractivity contribution in [3.63, 3.8) is 0 Å². The van der Waals surface area contributed by atoms with Crippen LogP contribution in [0.4, 0.5) is 0 Å². The van der Waals surface area contributed by atoms with E-state index in [1.165, 1.54) is 0 Å². The van der Waals surface area contributed by atoms with Crippen LogP contribution in [0.25, 0.3) is 0 Å². The fraction of sp³-hybridized carbons (Fsp3) is 0.462. The van der Waals surface area contributed by atoms with E-state index in [1.54, 1.807) is 18.2 Å². The van der Waals surface area contributed by atoms with Crippen molar-refractivity contribution in [3.05, 3.63) is 33.8 Å². The van der Waals surface area contributed by atoms with Gasteiger partial charge < -0.3 is 4.90 Å². The molecule has 1 amide bonds. The molecule has 0 aromatic heterocycles. The topological polar surface area (TPSA) is 20.3 Å². The Morgan fingerprint density at radius 1 is 1.44 bits per heavy atom. The lowest BCUT2D eigenvalue weighted by atomic mass is 10.1. The smallest absolute Gasteiger partial charge is 0.255 e. The van der Waals surface area contributed by atoms with E-state index in [0.717, 1.165) is 31.3 Å². The highest BCUT2D eigenvalue weighted by atomic mass is 79.9. The Labute approximate surface area is 125 Å². The Balaban J connectivity index is 2.10. The lowest BCUT2D eigenvalue weighted by molar-refractivity contribution is 0.0787. The fourth-order valence-corrected chi connectivity index (χ4v) is 3.26. The first-order valence-electron chi connectivity index (χ1n) is 5.92. The van der Waals surface area contributed by atoms with Crippen molar-refractivity contribution in [2.24, 2.45) is 5.92 Å². The molecule has 1 heterocycles. The van der Waals surface area contributed by atoms with Crippen molar-refractivity contribution in [1.82, 2.24) is 4.90 Å². The molecule has 0 radical (unpaired) electrons. The number of carbonyl (C=O) groups excluding carboxylic acids is 1. The average molecular weight is 351 g/mol. The van der Waals surface area contributed by atoms with Gasteiger partial charge in [-0.25, -0.2) is 0 Å². The van der Waals surface area contributed by atoms with E-state index >= 15 is 0 Å². The highest BCUT2D eigenvalue weighted by molar-refractivity contribution is 9.09. The first-order valence-corrected chi connectivity index (χ1v) is 7.80. The van der Waals surface area contributed by atoms with Crippen molar-refractivity contribution < 1.29 is 4.79 Å². The van der Waals surface area contributed by atoms with Gasteiger partial charge in [0, 0.05) is 23.4 Å². The number of amides is 1. The minimum atomic E-state index is -0.0143. The SMILES string of the molecule is O=C(c1cc(Cl)ccc1Cl)N1CCC(CCBr)C1. The Morgan fingerprint density at radius 2 is 2.22 bits per heavy atom. The summed E-state index contributed by atoms with van der Waals surface area (Å²) in [6, 6.07) is 5.01. The second-order valence-electron chi connectivity index (χ2n) is 4.51. The molecule has 0 aliphatic carbocycles. The third-order valence-corrected chi connectivity index (χ3v) is 4.27. The van der Waals surface area contributed by atoms with Crippen LogP contribution >= 0.6 is 39.1 Å². The van der Waals surface area contributed by atoms with Gasteiger partial charge in [-0.2, -0.15) is 0 Å². The first kappa shape index (κ1) is 14.2. The van der Waals surface area contributed by atoms with E-state index in [-0.39, 0.29) is 5.91 Å². The molecule has 2 nitrogen and oxygen atoms in total. The van der Waals surface area contributed by atoms with Crippen LogP contribution < -0.4 is 0 Å². The molecule has 1 aromatic carbocycles. The lowest BCUT2D eigenvalue weighted by Crippen LogP contribution is -2.29. The number of halogens is 3. The minimum absolute atomic E-state index is 0.0143. The monoisotopic (exact) mass is 349 g/mol. The summed E-state index contributed by atoms with van der Waals surface area (Å²) in [5.41, 5.74) is 0.503. The molecule has 1 atom stereocenters. The van der Waals surface area contributed by atoms with Crippen LogP contribution in [0.5, 0.6) is 0 Å². The summed E-state index contributed by atoms with van der Waals surface area (Å²) in [5.74, 6) is 0.575. The maximum absolute atomic E-state index is 12.3. The molecule has 1 unspecified atom stereocenters. The average Bonchev–Trinajstić information content (AvgIpc) is 2.80. The summed E-state index contributed by atoms with van der Waals surface area (Å²) >= 11 is 15.4. The zero-order chi connectivity index (χ0) is 13.1. The van der Waals surface area contributed by atoms with Crippen LogP contribution in [0.1, 0.15) is 23.2 Å². The zero-order valence-corrected chi connectivity index (χ0v) is 12.9. The third-order valence-electron chi connectivity index (χ3n) is 3.25. The highest BCUT2D eigenvalue weighted by Gasteiger charge is 2.27. The Bertz CT molecular complexity index is 453. The predicted molar refractivity (Wildman–Crippen MR) is 78.9 cm³/mol. The zero-order valence-electron chi connectivity index (χ0n) is 9.83. The summed E-state index contributed by atoms with van der Waals surface area (Å²) in [5, 5.41) is 1.99. The number of likely N-dealkylation sites (tertiary alicyclic amines) is 1. The van der Waals surface area contributed by atoms with E-state index in [2.05, 4.69) is 15.9 Å². The number of alkyl halides is 1. The van der Waals surface area contributed by atoms with E-state index < -0.39 is 0 Å². The summed E-state index contributed by atoms with van der Waals surface area (Å²) in [6.07, 6.45) is 2.17. The Hall–Kier alpha value is -0.250. The van der Waals surface area contributed by atoms with E-state index in [4.69, 9.17) is 23.2 Å². The van der Waals surface area contributed by atoms with E-state index in [9.17, 15) is 4.79 Å². The summed E-state index contributed by atoms with van der Waals surface area (Å²) in [7, 11) is 0. The molecule has 1 saturated heterocycles. The fourth-order valence-electron chi connectivity index (χ4n) is 2.24. The molecule has 2 rings (SSSR count). The summed E-state index contributed by atoms with van der Waals surface area (Å²) in [4.78, 5) is 14.2. The van der Waals surface area contributed by atoms with Gasteiger partial charge in [0.05, 0.1) is 10.6 Å². The number of carbonyl (C=O) groups is 1. The molecule has 1 aromatic rings. The maximum Gasteiger partial charge on any atom is 0.255 e. The second-order valence-corrected chi connectivity index (χ2v) is 6.14. The largest absolute Gasteiger partial charge is 0.338 e. The van der Waals surface area contributed by atoms with Crippen LogP contribution in [-0.2, 0) is 0 Å². The van der Waals surface area contributed by atoms with Crippen LogP contribution in [-0.4, -0.2) is 29.2 Å². The standard InChI is InChI=1S/C13H14BrCl2NO/c14-5-3-9-4-6-17(8-9)13(18)11-7-10(15)1-2-12(11)16/h1-2,7,9H,3-6,8H2. The predicted octanol–water partition coefficient (Wildman–Crippen LogP) is 4.24. The van der Waals surface area contributed by atoms with Gasteiger partial charge in [0.15, 0.2) is 0 Å². The normalized spacial score (nSPS) is 19.3. The number of hydrogen-bond acceptors (Lipinski definition) is 1. The molecule has 1 fully saturated rings. The molecule has 0 saturated carbocycles. The molecule has 1 aliphatic rings. The number of benzene rings is 1. The van der Waals surface area contributed by atoms with Crippen LogP contribution in [0.3, 0.4) is 0 Å². The van der Waals surface area contributed by atoms with Crippen LogP contribution in [0.15, 0.2) is 18.2 Å². The van der Waals surface area contributed by atoms with Crippen LogP contribution in [0.2, 0.25) is 10.0 Å². The Morgan fingerprint density at radius 3 is 2.94 bits per heavy atom. The molecule has 5 heteroatoms. The van der Waals surface area contributed by atoms with Gasteiger partial charge in [-0.05, 0) is 37.0 Å². The third kappa shape index (κ3) is 3.19. The van der Waals surface area contributed by atoms with Gasteiger partial charge >= 0.3 is 0 Å². The molecule has 98 valence electrons. The first-order chi connectivity index (χ1) is 8.61. The van der Waals surface area contributed by atoms with Gasteiger partial charge in [-0.3, -0.25) is 4.79 Å². The van der Waals surface area contributed by atoms with Crippen molar-refractivity contribution >= 4 is 45.0 Å². The second kappa shape index (κ2) is 6.27. The van der Waals surface area contributed by atoms with Gasteiger partial charge in [0.25, 0.3) is 5.91 Å². The molecule has 0 N–H and O–H groups in total. The van der Waals surface area contributed by atoms with E-state index in [1.807, 2.05) is 4.90 Å². The molecule has 1 aliphatic heterocycles. The molecular weight excluding hydrogens is 337 g/mol. The summed E-state index contributed by atoms with van der Waals surface area (Å²) < 4.78 is 0. The molecule has 0 bridgehead atoms.